The molecule has 0 atom stereocenters. The van der Waals surface area contributed by atoms with Crippen LogP contribution in [0.4, 0.5) is 0 Å². The second-order valence-electron chi connectivity index (χ2n) is 2.35. The van der Waals surface area contributed by atoms with Crippen LogP contribution in [0, 0.1) is 0 Å². The third kappa shape index (κ3) is 1.53. The average Bonchev–Trinajstić information content (AvgIpc) is 2.11. The van der Waals surface area contributed by atoms with Crippen LogP contribution in [0.15, 0.2) is 8.95 Å². The van der Waals surface area contributed by atoms with E-state index in [4.69, 9.17) is 5.11 Å². The molecular weight excluding hydrogens is 324 g/mol. The average molecular weight is 328 g/mol. The number of hydrogen-bond acceptors (Lipinski definition) is 4. The van der Waals surface area contributed by atoms with Gasteiger partial charge in [0.15, 0.2) is 17.2 Å². The molecule has 0 aliphatic heterocycles. The summed E-state index contributed by atoms with van der Waals surface area (Å²) in [4.78, 5) is 10.6. The standard InChI is InChI=1S/C7H4Br2O5/c8-2-4(10)1(7(13)14)5(11)3(9)6(2)12/h10-12H,(H,13,14). The van der Waals surface area contributed by atoms with E-state index in [9.17, 15) is 20.1 Å². The summed E-state index contributed by atoms with van der Waals surface area (Å²) in [7, 11) is 0. The Balaban J connectivity index is 3.68. The fourth-order valence-corrected chi connectivity index (χ4v) is 1.91. The van der Waals surface area contributed by atoms with Gasteiger partial charge in [-0.25, -0.2) is 4.79 Å². The van der Waals surface area contributed by atoms with Gasteiger partial charge in [0.2, 0.25) is 0 Å². The van der Waals surface area contributed by atoms with Crippen molar-refractivity contribution in [3.63, 3.8) is 0 Å². The van der Waals surface area contributed by atoms with Crippen LogP contribution in [0.5, 0.6) is 17.2 Å². The van der Waals surface area contributed by atoms with Crippen LogP contribution in [0.1, 0.15) is 10.4 Å². The maximum absolute atomic E-state index is 10.6. The Labute approximate surface area is 94.9 Å². The van der Waals surface area contributed by atoms with Crippen molar-refractivity contribution in [3.8, 4) is 17.2 Å². The van der Waals surface area contributed by atoms with Crippen molar-refractivity contribution in [2.75, 3.05) is 0 Å². The maximum Gasteiger partial charge on any atom is 0.343 e. The molecule has 0 aliphatic carbocycles. The minimum atomic E-state index is -1.50. The predicted octanol–water partition coefficient (Wildman–Crippen LogP) is 2.03. The molecule has 4 N–H and O–H groups in total. The van der Waals surface area contributed by atoms with Crippen LogP contribution in [0.25, 0.3) is 0 Å². The highest BCUT2D eigenvalue weighted by molar-refractivity contribution is 9.11. The smallest absolute Gasteiger partial charge is 0.343 e. The minimum absolute atomic E-state index is 0.195. The Morgan fingerprint density at radius 1 is 0.929 bits per heavy atom. The molecule has 0 amide bonds. The molecule has 1 aromatic carbocycles. The number of hydrogen-bond donors (Lipinski definition) is 4. The second kappa shape index (κ2) is 3.66. The van der Waals surface area contributed by atoms with E-state index >= 15 is 0 Å². The van der Waals surface area contributed by atoms with Crippen LogP contribution >= 0.6 is 31.9 Å². The van der Waals surface area contributed by atoms with E-state index in [0.29, 0.717) is 0 Å². The summed E-state index contributed by atoms with van der Waals surface area (Å²) < 4.78 is -0.390. The summed E-state index contributed by atoms with van der Waals surface area (Å²) in [5.41, 5.74) is -0.679. The van der Waals surface area contributed by atoms with Crippen molar-refractivity contribution >= 4 is 37.8 Å². The fourth-order valence-electron chi connectivity index (χ4n) is 0.855. The van der Waals surface area contributed by atoms with Gasteiger partial charge in [-0.3, -0.25) is 0 Å². The van der Waals surface area contributed by atoms with Crippen molar-refractivity contribution in [1.29, 1.82) is 0 Å². The molecule has 76 valence electrons. The zero-order valence-corrected chi connectivity index (χ0v) is 9.63. The van der Waals surface area contributed by atoms with E-state index in [1.54, 1.807) is 0 Å². The van der Waals surface area contributed by atoms with Crippen molar-refractivity contribution in [2.24, 2.45) is 0 Å². The predicted molar refractivity (Wildman–Crippen MR) is 53.8 cm³/mol. The molecule has 0 unspecified atom stereocenters. The summed E-state index contributed by atoms with van der Waals surface area (Å²) in [5, 5.41) is 36.5. The van der Waals surface area contributed by atoms with Gasteiger partial charge in [0.1, 0.15) is 14.5 Å². The lowest BCUT2D eigenvalue weighted by Gasteiger charge is -2.09. The number of carbonyl (C=O) groups is 1. The number of carboxylic acid groups (broad SMARTS) is 1. The zero-order chi connectivity index (χ0) is 11.0. The zero-order valence-electron chi connectivity index (χ0n) is 6.45. The molecule has 5 nitrogen and oxygen atoms in total. The topological polar surface area (TPSA) is 98.0 Å². The first-order valence-corrected chi connectivity index (χ1v) is 4.81. The van der Waals surface area contributed by atoms with Gasteiger partial charge >= 0.3 is 5.97 Å². The molecule has 0 aliphatic rings. The van der Waals surface area contributed by atoms with Crippen LogP contribution < -0.4 is 0 Å². The maximum atomic E-state index is 10.6. The molecular formula is C7H4Br2O5. The first-order chi connectivity index (χ1) is 6.37. The largest absolute Gasteiger partial charge is 0.506 e. The monoisotopic (exact) mass is 326 g/mol. The SMILES string of the molecule is O=C(O)c1c(O)c(Br)c(O)c(Br)c1O. The summed E-state index contributed by atoms with van der Waals surface area (Å²) >= 11 is 5.56. The van der Waals surface area contributed by atoms with Crippen molar-refractivity contribution in [1.82, 2.24) is 0 Å². The molecule has 1 rings (SSSR count). The molecule has 14 heavy (non-hydrogen) atoms. The first kappa shape index (κ1) is 11.1. The number of phenolic OH excluding ortho intramolecular Hbond substituents is 1. The Morgan fingerprint density at radius 2 is 1.29 bits per heavy atom. The van der Waals surface area contributed by atoms with Crippen LogP contribution in [0.2, 0.25) is 0 Å². The number of aromatic hydroxyl groups is 3. The Kier molecular flexibility index (Phi) is 2.91. The van der Waals surface area contributed by atoms with Gasteiger partial charge in [-0.05, 0) is 31.9 Å². The Morgan fingerprint density at radius 3 is 1.57 bits per heavy atom. The van der Waals surface area contributed by atoms with Crippen LogP contribution in [-0.2, 0) is 0 Å². The lowest BCUT2D eigenvalue weighted by molar-refractivity contribution is 0.0690. The number of carboxylic acids is 1. The molecule has 0 spiro atoms. The van der Waals surface area contributed by atoms with E-state index in [0.717, 1.165) is 0 Å². The number of phenols is 3. The van der Waals surface area contributed by atoms with Crippen molar-refractivity contribution in [2.45, 2.75) is 0 Å². The van der Waals surface area contributed by atoms with Crippen molar-refractivity contribution in [3.05, 3.63) is 14.5 Å². The third-order valence-corrected chi connectivity index (χ3v) is 3.02. The Hall–Kier alpha value is -0.950. The van der Waals surface area contributed by atoms with Crippen LogP contribution in [-0.4, -0.2) is 26.4 Å². The van der Waals surface area contributed by atoms with Crippen molar-refractivity contribution < 1.29 is 25.2 Å². The first-order valence-electron chi connectivity index (χ1n) is 3.23. The van der Waals surface area contributed by atoms with Gasteiger partial charge in [0.25, 0.3) is 0 Å². The molecule has 1 aromatic rings. The van der Waals surface area contributed by atoms with Crippen LogP contribution in [0.3, 0.4) is 0 Å². The molecule has 7 heteroatoms. The normalized spacial score (nSPS) is 10.1. The van der Waals surface area contributed by atoms with E-state index in [-0.39, 0.29) is 8.95 Å². The summed E-state index contributed by atoms with van der Waals surface area (Å²) in [5.74, 6) is -3.42. The molecule has 0 aromatic heterocycles. The van der Waals surface area contributed by atoms with Gasteiger partial charge in [0, 0.05) is 0 Å². The van der Waals surface area contributed by atoms with Gasteiger partial charge in [-0.1, -0.05) is 0 Å². The fraction of sp³-hybridized carbons (Fsp3) is 0. The lowest BCUT2D eigenvalue weighted by atomic mass is 10.1. The molecule has 0 saturated carbocycles. The van der Waals surface area contributed by atoms with E-state index in [1.807, 2.05) is 0 Å². The highest BCUT2D eigenvalue weighted by Crippen LogP contribution is 2.47. The molecule has 0 bridgehead atoms. The quantitative estimate of drug-likeness (QED) is 0.632. The second-order valence-corrected chi connectivity index (χ2v) is 3.94. The number of rotatable bonds is 1. The molecule has 0 saturated heterocycles. The molecule has 0 radical (unpaired) electrons. The number of benzene rings is 1. The van der Waals surface area contributed by atoms with Gasteiger partial charge in [-0.2, -0.15) is 0 Å². The Bertz CT molecular complexity index is 386. The summed E-state index contributed by atoms with van der Waals surface area (Å²) in [6.07, 6.45) is 0. The highest BCUT2D eigenvalue weighted by Gasteiger charge is 2.25. The minimum Gasteiger partial charge on any atom is -0.506 e. The van der Waals surface area contributed by atoms with Gasteiger partial charge in [-0.15, -0.1) is 0 Å². The summed E-state index contributed by atoms with van der Waals surface area (Å²) in [6.45, 7) is 0. The third-order valence-electron chi connectivity index (χ3n) is 1.52. The van der Waals surface area contributed by atoms with Gasteiger partial charge < -0.3 is 20.4 Å². The van der Waals surface area contributed by atoms with E-state index in [2.05, 4.69) is 31.9 Å². The highest BCUT2D eigenvalue weighted by atomic mass is 79.9. The number of halogens is 2. The summed E-state index contributed by atoms with van der Waals surface area (Å²) in [6, 6.07) is 0. The number of aromatic carboxylic acids is 1. The lowest BCUT2D eigenvalue weighted by Crippen LogP contribution is -1.98. The molecule has 0 fully saturated rings. The van der Waals surface area contributed by atoms with E-state index < -0.39 is 28.8 Å². The van der Waals surface area contributed by atoms with E-state index in [1.165, 1.54) is 0 Å². The molecule has 0 heterocycles. The van der Waals surface area contributed by atoms with Gasteiger partial charge in [0.05, 0.1) is 0 Å².